The molecule has 1 atom stereocenters. The third-order valence-electron chi connectivity index (χ3n) is 2.17. The van der Waals surface area contributed by atoms with Gasteiger partial charge in [-0.1, -0.05) is 23.7 Å². The van der Waals surface area contributed by atoms with Gasteiger partial charge in [0.05, 0.1) is 12.3 Å². The highest BCUT2D eigenvalue weighted by Crippen LogP contribution is 2.16. The van der Waals surface area contributed by atoms with Crippen LogP contribution in [-0.4, -0.2) is 40.5 Å². The van der Waals surface area contributed by atoms with Gasteiger partial charge in [0.1, 0.15) is 0 Å². The summed E-state index contributed by atoms with van der Waals surface area (Å²) in [5.74, 6) is -0.840. The summed E-state index contributed by atoms with van der Waals surface area (Å²) < 4.78 is 0. The van der Waals surface area contributed by atoms with Gasteiger partial charge in [0.15, 0.2) is 6.10 Å². The first-order chi connectivity index (χ1) is 8.99. The highest BCUT2D eigenvalue weighted by atomic mass is 35.5. The molecule has 0 aliphatic carbocycles. The molecule has 1 amide bonds. The van der Waals surface area contributed by atoms with Crippen molar-refractivity contribution in [1.82, 2.24) is 5.32 Å². The Morgan fingerprint density at radius 2 is 2.16 bits per heavy atom. The smallest absolute Gasteiger partial charge is 0.334 e. The number of halogens is 1. The van der Waals surface area contributed by atoms with E-state index in [0.29, 0.717) is 10.8 Å². The largest absolute Gasteiger partial charge is 0.479 e. The van der Waals surface area contributed by atoms with E-state index in [1.165, 1.54) is 11.8 Å². The fourth-order valence-electron chi connectivity index (χ4n) is 1.24. The molecule has 5 nitrogen and oxygen atoms in total. The Morgan fingerprint density at radius 1 is 1.42 bits per heavy atom. The molecule has 0 spiro atoms. The Labute approximate surface area is 120 Å². The van der Waals surface area contributed by atoms with Crippen molar-refractivity contribution in [2.45, 2.75) is 11.9 Å². The first-order valence-corrected chi connectivity index (χ1v) is 7.02. The Bertz CT molecular complexity index is 455. The van der Waals surface area contributed by atoms with Gasteiger partial charge in [0.2, 0.25) is 5.91 Å². The van der Waals surface area contributed by atoms with Gasteiger partial charge in [0, 0.05) is 10.8 Å². The number of hydrogen-bond donors (Lipinski definition) is 3. The zero-order valence-corrected chi connectivity index (χ0v) is 11.6. The quantitative estimate of drug-likeness (QED) is 0.703. The van der Waals surface area contributed by atoms with Gasteiger partial charge in [-0.3, -0.25) is 4.79 Å². The molecule has 0 saturated heterocycles. The van der Waals surface area contributed by atoms with Crippen LogP contribution in [-0.2, 0) is 15.3 Å². The van der Waals surface area contributed by atoms with E-state index in [2.05, 4.69) is 5.32 Å². The van der Waals surface area contributed by atoms with Crippen LogP contribution >= 0.6 is 23.4 Å². The van der Waals surface area contributed by atoms with E-state index in [0.717, 1.165) is 5.56 Å². The molecule has 0 saturated carbocycles. The van der Waals surface area contributed by atoms with Crippen molar-refractivity contribution in [2.75, 3.05) is 12.3 Å². The minimum Gasteiger partial charge on any atom is -0.479 e. The van der Waals surface area contributed by atoms with E-state index in [4.69, 9.17) is 21.8 Å². The first-order valence-electron chi connectivity index (χ1n) is 5.49. The third kappa shape index (κ3) is 6.47. The average molecular weight is 304 g/mol. The van der Waals surface area contributed by atoms with Crippen LogP contribution in [0.2, 0.25) is 5.02 Å². The highest BCUT2D eigenvalue weighted by Gasteiger charge is 2.13. The third-order valence-corrected chi connectivity index (χ3v) is 3.41. The van der Waals surface area contributed by atoms with Crippen LogP contribution in [0.15, 0.2) is 24.3 Å². The molecule has 1 aromatic carbocycles. The molecule has 0 aliphatic heterocycles. The summed E-state index contributed by atoms with van der Waals surface area (Å²) >= 11 is 7.21. The maximum absolute atomic E-state index is 11.4. The monoisotopic (exact) mass is 303 g/mol. The van der Waals surface area contributed by atoms with Gasteiger partial charge >= 0.3 is 5.97 Å². The SMILES string of the molecule is O=C(CSCc1cccc(Cl)c1)NCC(O)C(=O)O. The molecule has 1 rings (SSSR count). The first kappa shape index (κ1) is 15.8. The van der Waals surface area contributed by atoms with Crippen molar-refractivity contribution < 1.29 is 19.8 Å². The van der Waals surface area contributed by atoms with E-state index in [9.17, 15) is 9.59 Å². The fraction of sp³-hybridized carbons (Fsp3) is 0.333. The Kier molecular flexibility index (Phi) is 6.69. The predicted molar refractivity (Wildman–Crippen MR) is 74.3 cm³/mol. The number of hydrogen-bond acceptors (Lipinski definition) is 4. The second-order valence-electron chi connectivity index (χ2n) is 3.78. The summed E-state index contributed by atoms with van der Waals surface area (Å²) in [6.07, 6.45) is -1.57. The van der Waals surface area contributed by atoms with E-state index < -0.39 is 12.1 Å². The number of carboxylic acid groups (broad SMARTS) is 1. The molecule has 0 aromatic heterocycles. The molecule has 0 radical (unpaired) electrons. The topological polar surface area (TPSA) is 86.6 Å². The molecule has 0 bridgehead atoms. The van der Waals surface area contributed by atoms with Crippen molar-refractivity contribution in [1.29, 1.82) is 0 Å². The van der Waals surface area contributed by atoms with Crippen molar-refractivity contribution >= 4 is 35.2 Å². The molecule has 7 heteroatoms. The van der Waals surface area contributed by atoms with Crippen LogP contribution in [0.25, 0.3) is 0 Å². The molecule has 3 N–H and O–H groups in total. The predicted octanol–water partition coefficient (Wildman–Crippen LogP) is 1.13. The maximum atomic E-state index is 11.4. The Hall–Kier alpha value is -1.24. The molecule has 0 aliphatic rings. The minimum absolute atomic E-state index is 0.193. The summed E-state index contributed by atoms with van der Waals surface area (Å²) in [4.78, 5) is 21.7. The zero-order valence-electron chi connectivity index (χ0n) is 10.0. The van der Waals surface area contributed by atoms with Crippen LogP contribution in [0.3, 0.4) is 0 Å². The van der Waals surface area contributed by atoms with Crippen LogP contribution < -0.4 is 5.32 Å². The summed E-state index contributed by atoms with van der Waals surface area (Å²) in [5.41, 5.74) is 1.01. The van der Waals surface area contributed by atoms with Crippen molar-refractivity contribution in [2.24, 2.45) is 0 Å². The molecule has 0 heterocycles. The van der Waals surface area contributed by atoms with Crippen LogP contribution in [0.5, 0.6) is 0 Å². The lowest BCUT2D eigenvalue weighted by Gasteiger charge is -2.07. The number of aliphatic carboxylic acids is 1. The number of thioether (sulfide) groups is 1. The van der Waals surface area contributed by atoms with Gasteiger partial charge in [-0.05, 0) is 17.7 Å². The Balaban J connectivity index is 2.22. The summed E-state index contributed by atoms with van der Waals surface area (Å²) in [6, 6.07) is 7.34. The number of carbonyl (C=O) groups is 2. The number of nitrogens with one attached hydrogen (secondary N) is 1. The molecule has 19 heavy (non-hydrogen) atoms. The standard InChI is InChI=1S/C12H14ClNO4S/c13-9-3-1-2-8(4-9)6-19-7-11(16)14-5-10(15)12(17)18/h1-4,10,15H,5-7H2,(H,14,16)(H,17,18). The number of benzene rings is 1. The normalized spacial score (nSPS) is 11.9. The van der Waals surface area contributed by atoms with Gasteiger partial charge in [0.25, 0.3) is 0 Å². The lowest BCUT2D eigenvalue weighted by molar-refractivity contribution is -0.146. The minimum atomic E-state index is -1.57. The summed E-state index contributed by atoms with van der Waals surface area (Å²) in [5, 5.41) is 20.4. The number of amides is 1. The van der Waals surface area contributed by atoms with E-state index in [1.807, 2.05) is 18.2 Å². The van der Waals surface area contributed by atoms with Crippen LogP contribution in [0.1, 0.15) is 5.56 Å². The molecule has 1 unspecified atom stereocenters. The van der Waals surface area contributed by atoms with Crippen molar-refractivity contribution in [3.05, 3.63) is 34.9 Å². The number of carbonyl (C=O) groups excluding carboxylic acids is 1. The van der Waals surface area contributed by atoms with Crippen LogP contribution in [0, 0.1) is 0 Å². The second kappa shape index (κ2) is 8.04. The lowest BCUT2D eigenvalue weighted by atomic mass is 10.2. The second-order valence-corrected chi connectivity index (χ2v) is 5.20. The van der Waals surface area contributed by atoms with E-state index in [-0.39, 0.29) is 18.2 Å². The van der Waals surface area contributed by atoms with Gasteiger partial charge in [-0.2, -0.15) is 0 Å². The van der Waals surface area contributed by atoms with Crippen molar-refractivity contribution in [3.8, 4) is 0 Å². The summed E-state index contributed by atoms with van der Waals surface area (Å²) in [7, 11) is 0. The summed E-state index contributed by atoms with van der Waals surface area (Å²) in [6.45, 7) is -0.286. The lowest BCUT2D eigenvalue weighted by Crippen LogP contribution is -2.37. The molecular formula is C12H14ClNO4S. The highest BCUT2D eigenvalue weighted by molar-refractivity contribution is 7.99. The fourth-order valence-corrected chi connectivity index (χ4v) is 2.25. The number of aliphatic hydroxyl groups excluding tert-OH is 1. The van der Waals surface area contributed by atoms with Gasteiger partial charge in [-0.15, -0.1) is 11.8 Å². The molecular weight excluding hydrogens is 290 g/mol. The van der Waals surface area contributed by atoms with Gasteiger partial charge in [-0.25, -0.2) is 4.79 Å². The molecule has 0 fully saturated rings. The molecule has 104 valence electrons. The van der Waals surface area contributed by atoms with E-state index in [1.54, 1.807) is 6.07 Å². The van der Waals surface area contributed by atoms with E-state index >= 15 is 0 Å². The maximum Gasteiger partial charge on any atom is 0.334 e. The zero-order chi connectivity index (χ0) is 14.3. The number of aliphatic hydroxyl groups is 1. The average Bonchev–Trinajstić information content (AvgIpc) is 2.36. The van der Waals surface area contributed by atoms with Crippen LogP contribution in [0.4, 0.5) is 0 Å². The number of carboxylic acids is 1. The Morgan fingerprint density at radius 3 is 2.79 bits per heavy atom. The molecule has 1 aromatic rings. The van der Waals surface area contributed by atoms with Crippen molar-refractivity contribution in [3.63, 3.8) is 0 Å². The number of rotatable bonds is 7. The van der Waals surface area contributed by atoms with Gasteiger partial charge < -0.3 is 15.5 Å².